The lowest BCUT2D eigenvalue weighted by atomic mass is 9.43. The molecule has 5 rings (SSSR count). The predicted molar refractivity (Wildman–Crippen MR) is 171 cm³/mol. The first-order chi connectivity index (χ1) is 21.3. The van der Waals surface area contributed by atoms with Crippen LogP contribution < -0.4 is 0 Å². The average molecular weight is 729 g/mol. The zero-order valence-electron chi connectivity index (χ0n) is 28.2. The lowest BCUT2D eigenvalue weighted by Gasteiger charge is -2.63. The molecule has 5 aliphatic carbocycles. The van der Waals surface area contributed by atoms with Gasteiger partial charge in [-0.3, -0.25) is 13.7 Å². The highest BCUT2D eigenvalue weighted by atomic mass is 32.3. The van der Waals surface area contributed by atoms with Gasteiger partial charge in [0.15, 0.2) is 0 Å². The van der Waals surface area contributed by atoms with Gasteiger partial charge in [-0.05, 0) is 103 Å². The van der Waals surface area contributed by atoms with Crippen LogP contribution in [-0.4, -0.2) is 68.4 Å². The Morgan fingerprint density at radius 3 is 1.94 bits per heavy atom. The quantitative estimate of drug-likeness (QED) is 0.166. The second kappa shape index (κ2) is 11.9. The molecule has 0 aromatic heterocycles. The third kappa shape index (κ3) is 6.62. The van der Waals surface area contributed by atoms with E-state index in [9.17, 15) is 44.0 Å². The van der Waals surface area contributed by atoms with Gasteiger partial charge in [0.2, 0.25) is 0 Å². The average Bonchev–Trinajstić information content (AvgIpc) is 3.47. The molecule has 4 saturated carbocycles. The van der Waals surface area contributed by atoms with Crippen LogP contribution in [0.25, 0.3) is 0 Å². The topological polar surface area (TPSA) is 211 Å². The second-order valence-corrected chi connectivity index (χ2v) is 19.5. The summed E-state index contributed by atoms with van der Waals surface area (Å²) < 4.78 is 115. The summed E-state index contributed by atoms with van der Waals surface area (Å²) in [5, 5.41) is 11.6. The van der Waals surface area contributed by atoms with Gasteiger partial charge in [0.05, 0.1) is 12.2 Å². The molecule has 4 N–H and O–H groups in total. The summed E-state index contributed by atoms with van der Waals surface area (Å²) in [6.07, 6.45) is 0.617. The molecule has 4 fully saturated rings. The molecule has 0 radical (unpaired) electrons. The van der Waals surface area contributed by atoms with Crippen LogP contribution in [0.1, 0.15) is 99.8 Å². The maximum absolute atomic E-state index is 12.2. The lowest BCUT2D eigenvalue weighted by Crippen LogP contribution is -2.65. The van der Waals surface area contributed by atoms with Gasteiger partial charge >= 0.3 is 31.2 Å². The van der Waals surface area contributed by atoms with Crippen LogP contribution in [0.5, 0.6) is 0 Å². The summed E-state index contributed by atoms with van der Waals surface area (Å²) in [5.41, 5.74) is -0.611. The molecule has 272 valence electrons. The number of rotatable bonds is 11. The highest BCUT2D eigenvalue weighted by Crippen LogP contribution is 2.72. The Labute approximate surface area is 280 Å². The number of fused-ring (bicyclic) bond motifs is 5. The number of allylic oxidation sites excluding steroid dienone is 2. The number of aliphatic hydroxyl groups is 1. The third-order valence-electron chi connectivity index (χ3n) is 14.1. The van der Waals surface area contributed by atoms with Crippen LogP contribution in [-0.2, 0) is 43.7 Å². The zero-order chi connectivity index (χ0) is 35.3. The molecule has 0 aliphatic heterocycles. The molecule has 0 heterocycles. The van der Waals surface area contributed by atoms with Gasteiger partial charge in [-0.15, -0.1) is 0 Å². The van der Waals surface area contributed by atoms with Crippen molar-refractivity contribution in [3.8, 4) is 0 Å². The fraction of sp³-hybridized carbons (Fsp3) is 0.935. The largest absolute Gasteiger partial charge is 0.397 e. The Morgan fingerprint density at radius 2 is 1.43 bits per heavy atom. The summed E-state index contributed by atoms with van der Waals surface area (Å²) in [6, 6.07) is 0. The standard InChI is InChI=1S/C31H52O13S3/c1-17(2)31(15-19(31)4)13-8-18(3)20-9-11-30(7)22-14-23(42-45(33,34)35)25-26(32)27(44-47(39,40)41)24(43-46(36,37)38)16-28(25,5)21(22)10-12-29(20,30)6/h10,17-20,22-27,32H,8-9,11-16H2,1-7H3,(H,33,34,35)(H,36,37,38)(H,39,40,41)/t18-,19?,20-,22-,23+,24+,25+,26-,27-,28-,29-,30+,31-/m1/s1. The molecular formula is C31H52O13S3. The molecule has 0 amide bonds. The molecule has 0 aromatic carbocycles. The Morgan fingerprint density at radius 1 is 0.872 bits per heavy atom. The van der Waals surface area contributed by atoms with Gasteiger partial charge in [0.1, 0.15) is 12.2 Å². The lowest BCUT2D eigenvalue weighted by molar-refractivity contribution is -0.179. The van der Waals surface area contributed by atoms with Crippen LogP contribution in [0.4, 0.5) is 0 Å². The Balaban J connectivity index is 1.54. The molecule has 1 unspecified atom stereocenters. The van der Waals surface area contributed by atoms with Crippen molar-refractivity contribution in [1.29, 1.82) is 0 Å². The maximum atomic E-state index is 12.2. The highest BCUT2D eigenvalue weighted by molar-refractivity contribution is 7.81. The van der Waals surface area contributed by atoms with E-state index in [1.165, 1.54) is 12.8 Å². The highest BCUT2D eigenvalue weighted by Gasteiger charge is 2.68. The normalized spacial score (nSPS) is 45.9. The monoisotopic (exact) mass is 728 g/mol. The van der Waals surface area contributed by atoms with E-state index in [4.69, 9.17) is 8.37 Å². The van der Waals surface area contributed by atoms with E-state index in [0.29, 0.717) is 29.6 Å². The van der Waals surface area contributed by atoms with E-state index in [0.717, 1.165) is 30.8 Å². The van der Waals surface area contributed by atoms with Crippen molar-refractivity contribution < 1.29 is 56.6 Å². The van der Waals surface area contributed by atoms with Gasteiger partial charge in [-0.25, -0.2) is 12.5 Å². The SMILES string of the molecule is CC(C)[C@@]1(CC[C@@H](C)[C@H]2CC[C@@]3(C)[C@@H]4C[C@H](OS(=O)(=O)O)[C@H]5[C@@H](O)[C@H](OS(=O)(=O)O)[C@@H](OS(=O)(=O)O)C[C@]5(C)C4=CC[C@]23C)CC1C. The Hall–Kier alpha value is -0.690. The van der Waals surface area contributed by atoms with Crippen molar-refractivity contribution >= 4 is 31.2 Å². The third-order valence-corrected chi connectivity index (χ3v) is 15.5. The minimum Gasteiger partial charge on any atom is -0.390 e. The molecule has 0 saturated heterocycles. The van der Waals surface area contributed by atoms with Crippen molar-refractivity contribution in [3.63, 3.8) is 0 Å². The van der Waals surface area contributed by atoms with Gasteiger partial charge in [-0.2, -0.15) is 25.3 Å². The molecule has 47 heavy (non-hydrogen) atoms. The summed E-state index contributed by atoms with van der Waals surface area (Å²) in [6.45, 7) is 15.4. The fourth-order valence-corrected chi connectivity index (χ4v) is 12.9. The Bertz CT molecular complexity index is 1590. The summed E-state index contributed by atoms with van der Waals surface area (Å²) in [4.78, 5) is 0. The maximum Gasteiger partial charge on any atom is 0.397 e. The van der Waals surface area contributed by atoms with Crippen molar-refractivity contribution in [2.45, 2.75) is 124 Å². The molecule has 16 heteroatoms. The van der Waals surface area contributed by atoms with Crippen LogP contribution in [0.3, 0.4) is 0 Å². The number of hydrogen-bond acceptors (Lipinski definition) is 10. The second-order valence-electron chi connectivity index (χ2n) is 16.4. The van der Waals surface area contributed by atoms with Gasteiger partial charge in [-0.1, -0.05) is 60.1 Å². The van der Waals surface area contributed by atoms with Gasteiger partial charge < -0.3 is 5.11 Å². The molecule has 13 nitrogen and oxygen atoms in total. The molecule has 0 aromatic rings. The predicted octanol–water partition coefficient (Wildman–Crippen LogP) is 4.81. The van der Waals surface area contributed by atoms with E-state index < -0.39 is 66.9 Å². The molecular weight excluding hydrogens is 677 g/mol. The molecule has 0 spiro atoms. The molecule has 5 aliphatic rings. The van der Waals surface area contributed by atoms with Crippen molar-refractivity contribution in [1.82, 2.24) is 0 Å². The number of hydrogen-bond donors (Lipinski definition) is 4. The van der Waals surface area contributed by atoms with E-state index in [1.807, 2.05) is 0 Å². The zero-order valence-corrected chi connectivity index (χ0v) is 30.6. The molecule has 13 atom stereocenters. The van der Waals surface area contributed by atoms with Gasteiger partial charge in [0.25, 0.3) is 0 Å². The van der Waals surface area contributed by atoms with E-state index in [-0.39, 0.29) is 29.6 Å². The van der Waals surface area contributed by atoms with Crippen molar-refractivity contribution in [2.24, 2.45) is 57.2 Å². The first kappa shape index (κ1) is 37.6. The summed E-state index contributed by atoms with van der Waals surface area (Å²) in [5.74, 6) is 0.588. The Kier molecular flexibility index (Phi) is 9.54. The van der Waals surface area contributed by atoms with Crippen molar-refractivity contribution in [3.05, 3.63) is 11.6 Å². The van der Waals surface area contributed by atoms with Crippen molar-refractivity contribution in [2.75, 3.05) is 0 Å². The van der Waals surface area contributed by atoms with Crippen LogP contribution in [0.15, 0.2) is 11.6 Å². The van der Waals surface area contributed by atoms with Gasteiger partial charge in [0, 0.05) is 5.92 Å². The van der Waals surface area contributed by atoms with Crippen LogP contribution in [0, 0.1) is 57.2 Å². The van der Waals surface area contributed by atoms with Crippen LogP contribution in [0.2, 0.25) is 0 Å². The molecule has 0 bridgehead atoms. The van der Waals surface area contributed by atoms with E-state index >= 15 is 0 Å². The summed E-state index contributed by atoms with van der Waals surface area (Å²) in [7, 11) is -15.6. The minimum absolute atomic E-state index is 0.0620. The first-order valence-corrected chi connectivity index (χ1v) is 20.7. The van der Waals surface area contributed by atoms with Crippen LogP contribution >= 0.6 is 0 Å². The fourth-order valence-electron chi connectivity index (χ4n) is 11.4. The minimum atomic E-state index is -5.28. The van der Waals surface area contributed by atoms with E-state index in [2.05, 4.69) is 51.8 Å². The van der Waals surface area contributed by atoms with E-state index in [1.54, 1.807) is 6.92 Å². The smallest absolute Gasteiger partial charge is 0.390 e. The number of aliphatic hydroxyl groups excluding tert-OH is 1. The summed E-state index contributed by atoms with van der Waals surface area (Å²) >= 11 is 0. The first-order valence-electron chi connectivity index (χ1n) is 16.6.